The van der Waals surface area contributed by atoms with Gasteiger partial charge in [-0.3, -0.25) is 9.78 Å². The van der Waals surface area contributed by atoms with E-state index in [1.54, 1.807) is 12.4 Å². The van der Waals surface area contributed by atoms with E-state index in [2.05, 4.69) is 10.3 Å². The Bertz CT molecular complexity index is 317. The third-order valence-corrected chi connectivity index (χ3v) is 2.14. The number of carbonyl (C=O) groups is 1. The normalized spacial score (nSPS) is 10.2. The van der Waals surface area contributed by atoms with Gasteiger partial charge in [0.2, 0.25) is 5.91 Å². The summed E-state index contributed by atoms with van der Waals surface area (Å²) in [6, 6.07) is 3.65. The van der Waals surface area contributed by atoms with E-state index in [-0.39, 0.29) is 12.5 Å². The summed E-state index contributed by atoms with van der Waals surface area (Å²) in [7, 11) is 0. The third kappa shape index (κ3) is 6.65. The Balaban J connectivity index is 2.06. The molecule has 0 aromatic carbocycles. The molecule has 0 unspecified atom stereocenters. The fraction of sp³-hybridized carbons (Fsp3) is 0.500. The van der Waals surface area contributed by atoms with Crippen molar-refractivity contribution in [1.29, 1.82) is 0 Å². The second kappa shape index (κ2) is 8.66. The first-order valence-electron chi connectivity index (χ1n) is 5.67. The molecule has 0 atom stereocenters. The van der Waals surface area contributed by atoms with Crippen molar-refractivity contribution in [2.75, 3.05) is 26.4 Å². The van der Waals surface area contributed by atoms with E-state index in [1.165, 1.54) is 0 Å². The molecule has 0 aliphatic heterocycles. The second-order valence-electron chi connectivity index (χ2n) is 3.57. The van der Waals surface area contributed by atoms with Crippen LogP contribution < -0.4 is 5.32 Å². The zero-order chi connectivity index (χ0) is 12.3. The number of hydrogen-bond acceptors (Lipinski definition) is 4. The molecule has 0 fully saturated rings. The largest absolute Gasteiger partial charge is 0.394 e. The van der Waals surface area contributed by atoms with Gasteiger partial charge in [0, 0.05) is 25.5 Å². The average Bonchev–Trinajstić information content (AvgIpc) is 2.35. The molecule has 0 spiro atoms. The lowest BCUT2D eigenvalue weighted by atomic mass is 10.2. The summed E-state index contributed by atoms with van der Waals surface area (Å²) in [4.78, 5) is 15.4. The summed E-state index contributed by atoms with van der Waals surface area (Å²) in [6.07, 6.45) is 4.47. The van der Waals surface area contributed by atoms with Crippen LogP contribution in [-0.2, 0) is 16.0 Å². The Labute approximate surface area is 101 Å². The number of nitrogens with one attached hydrogen (secondary N) is 1. The van der Waals surface area contributed by atoms with Gasteiger partial charge in [-0.2, -0.15) is 0 Å². The molecule has 1 aromatic heterocycles. The van der Waals surface area contributed by atoms with Crippen LogP contribution >= 0.6 is 0 Å². The SMILES string of the molecule is O=C(Cc1ccncc1)NCCCOCCO. The molecule has 0 aliphatic carbocycles. The molecule has 1 rings (SSSR count). The van der Waals surface area contributed by atoms with Gasteiger partial charge in [-0.05, 0) is 24.1 Å². The lowest BCUT2D eigenvalue weighted by molar-refractivity contribution is -0.120. The number of amides is 1. The molecule has 0 aliphatic rings. The van der Waals surface area contributed by atoms with Crippen molar-refractivity contribution in [3.05, 3.63) is 30.1 Å². The van der Waals surface area contributed by atoms with Crippen molar-refractivity contribution in [2.45, 2.75) is 12.8 Å². The summed E-state index contributed by atoms with van der Waals surface area (Å²) in [5, 5.41) is 11.3. The van der Waals surface area contributed by atoms with Crippen LogP contribution in [0.4, 0.5) is 0 Å². The topological polar surface area (TPSA) is 71.5 Å². The highest BCUT2D eigenvalue weighted by atomic mass is 16.5. The van der Waals surface area contributed by atoms with Crippen molar-refractivity contribution in [3.63, 3.8) is 0 Å². The molecule has 2 N–H and O–H groups in total. The lowest BCUT2D eigenvalue weighted by Gasteiger charge is -2.05. The van der Waals surface area contributed by atoms with Crippen molar-refractivity contribution >= 4 is 5.91 Å². The maximum absolute atomic E-state index is 11.5. The molecule has 1 amide bonds. The number of nitrogens with zero attached hydrogens (tertiary/aromatic N) is 1. The summed E-state index contributed by atoms with van der Waals surface area (Å²) in [5.41, 5.74) is 0.953. The number of aliphatic hydroxyl groups is 1. The summed E-state index contributed by atoms with van der Waals surface area (Å²) in [6.45, 7) is 1.53. The number of pyridine rings is 1. The van der Waals surface area contributed by atoms with E-state index < -0.39 is 0 Å². The Hall–Kier alpha value is -1.46. The standard InChI is InChI=1S/C12H18N2O3/c15-7-9-17-8-1-4-14-12(16)10-11-2-5-13-6-3-11/h2-3,5-6,15H,1,4,7-10H2,(H,14,16). The molecule has 0 saturated carbocycles. The summed E-state index contributed by atoms with van der Waals surface area (Å²) >= 11 is 0. The summed E-state index contributed by atoms with van der Waals surface area (Å²) < 4.78 is 5.07. The van der Waals surface area contributed by atoms with Crippen molar-refractivity contribution in [1.82, 2.24) is 10.3 Å². The molecule has 5 nitrogen and oxygen atoms in total. The Morgan fingerprint density at radius 3 is 2.82 bits per heavy atom. The highest BCUT2D eigenvalue weighted by Gasteiger charge is 2.01. The molecule has 1 heterocycles. The first-order valence-corrected chi connectivity index (χ1v) is 5.67. The van der Waals surface area contributed by atoms with Gasteiger partial charge in [0.05, 0.1) is 19.6 Å². The zero-order valence-electron chi connectivity index (χ0n) is 9.76. The molecule has 5 heteroatoms. The van der Waals surface area contributed by atoms with Crippen LogP contribution in [0.15, 0.2) is 24.5 Å². The fourth-order valence-electron chi connectivity index (χ4n) is 1.32. The van der Waals surface area contributed by atoms with Gasteiger partial charge in [0.15, 0.2) is 0 Å². The highest BCUT2D eigenvalue weighted by molar-refractivity contribution is 5.78. The highest BCUT2D eigenvalue weighted by Crippen LogP contribution is 1.96. The van der Waals surface area contributed by atoms with Crippen LogP contribution in [0, 0.1) is 0 Å². The molecule has 0 saturated heterocycles. The average molecular weight is 238 g/mol. The van der Waals surface area contributed by atoms with Gasteiger partial charge >= 0.3 is 0 Å². The maximum atomic E-state index is 11.5. The second-order valence-corrected chi connectivity index (χ2v) is 3.57. The molecule has 0 radical (unpaired) electrons. The van der Waals surface area contributed by atoms with Crippen molar-refractivity contribution in [2.24, 2.45) is 0 Å². The fourth-order valence-corrected chi connectivity index (χ4v) is 1.32. The van der Waals surface area contributed by atoms with Gasteiger partial charge in [0.25, 0.3) is 0 Å². The molecular formula is C12H18N2O3. The first-order chi connectivity index (χ1) is 8.33. The number of carbonyl (C=O) groups excluding carboxylic acids is 1. The van der Waals surface area contributed by atoms with Gasteiger partial charge < -0.3 is 15.2 Å². The molecule has 17 heavy (non-hydrogen) atoms. The molecule has 0 bridgehead atoms. The van der Waals surface area contributed by atoms with Gasteiger partial charge in [-0.15, -0.1) is 0 Å². The number of ether oxygens (including phenoxy) is 1. The summed E-state index contributed by atoms with van der Waals surface area (Å²) in [5.74, 6) is -0.00152. The number of aliphatic hydroxyl groups excluding tert-OH is 1. The molecule has 1 aromatic rings. The first kappa shape index (κ1) is 13.6. The van der Waals surface area contributed by atoms with Crippen LogP contribution in [0.5, 0.6) is 0 Å². The molecular weight excluding hydrogens is 220 g/mol. The maximum Gasteiger partial charge on any atom is 0.224 e. The number of rotatable bonds is 8. The van der Waals surface area contributed by atoms with Crippen LogP contribution in [0.25, 0.3) is 0 Å². The predicted molar refractivity (Wildman–Crippen MR) is 63.5 cm³/mol. The van der Waals surface area contributed by atoms with E-state index >= 15 is 0 Å². The smallest absolute Gasteiger partial charge is 0.224 e. The van der Waals surface area contributed by atoms with Crippen LogP contribution in [-0.4, -0.2) is 42.4 Å². The van der Waals surface area contributed by atoms with Crippen molar-refractivity contribution < 1.29 is 14.6 Å². The minimum atomic E-state index is -0.00152. The Morgan fingerprint density at radius 1 is 1.35 bits per heavy atom. The minimum Gasteiger partial charge on any atom is -0.394 e. The number of hydrogen-bond donors (Lipinski definition) is 2. The predicted octanol–water partition coefficient (Wildman–Crippen LogP) is 0.139. The van der Waals surface area contributed by atoms with Crippen LogP contribution in [0.2, 0.25) is 0 Å². The van der Waals surface area contributed by atoms with E-state index in [0.717, 1.165) is 12.0 Å². The van der Waals surface area contributed by atoms with Gasteiger partial charge in [-0.1, -0.05) is 0 Å². The van der Waals surface area contributed by atoms with Gasteiger partial charge in [-0.25, -0.2) is 0 Å². The van der Waals surface area contributed by atoms with Gasteiger partial charge in [0.1, 0.15) is 0 Å². The monoisotopic (exact) mass is 238 g/mol. The van der Waals surface area contributed by atoms with E-state index in [0.29, 0.717) is 26.2 Å². The van der Waals surface area contributed by atoms with E-state index in [1.807, 2.05) is 12.1 Å². The minimum absolute atomic E-state index is 0.00152. The lowest BCUT2D eigenvalue weighted by Crippen LogP contribution is -2.26. The van der Waals surface area contributed by atoms with Crippen molar-refractivity contribution in [3.8, 4) is 0 Å². The van der Waals surface area contributed by atoms with E-state index in [9.17, 15) is 4.79 Å². The van der Waals surface area contributed by atoms with Crippen LogP contribution in [0.3, 0.4) is 0 Å². The number of aromatic nitrogens is 1. The third-order valence-electron chi connectivity index (χ3n) is 2.14. The van der Waals surface area contributed by atoms with E-state index in [4.69, 9.17) is 9.84 Å². The molecule has 94 valence electrons. The quantitative estimate of drug-likeness (QED) is 0.632. The Morgan fingerprint density at radius 2 is 2.12 bits per heavy atom. The zero-order valence-corrected chi connectivity index (χ0v) is 9.76. The Kier molecular flexibility index (Phi) is 6.93. The van der Waals surface area contributed by atoms with Crippen LogP contribution in [0.1, 0.15) is 12.0 Å².